The van der Waals surface area contributed by atoms with Crippen LogP contribution in [0.5, 0.6) is 0 Å². The maximum atomic E-state index is 11.8. The molecule has 0 aliphatic heterocycles. The van der Waals surface area contributed by atoms with Gasteiger partial charge >= 0.3 is 0 Å². The Morgan fingerprint density at radius 3 is 2.65 bits per heavy atom. The van der Waals surface area contributed by atoms with Gasteiger partial charge < -0.3 is 16.2 Å². The molecule has 0 heterocycles. The first-order valence-corrected chi connectivity index (χ1v) is 6.22. The van der Waals surface area contributed by atoms with Crippen molar-refractivity contribution in [2.45, 2.75) is 57.6 Å². The van der Waals surface area contributed by atoms with Gasteiger partial charge in [0.1, 0.15) is 0 Å². The lowest BCUT2D eigenvalue weighted by Gasteiger charge is -2.24. The SMILES string of the molecule is CCCC(C)(N)C(=O)NCC1CCCC1O.Cl. The fraction of sp³-hybridized carbons (Fsp3) is 0.917. The van der Waals surface area contributed by atoms with Crippen molar-refractivity contribution in [2.75, 3.05) is 6.54 Å². The van der Waals surface area contributed by atoms with E-state index in [2.05, 4.69) is 5.32 Å². The van der Waals surface area contributed by atoms with Crippen LogP contribution in [-0.4, -0.2) is 29.2 Å². The Kier molecular flexibility index (Phi) is 7.05. The minimum absolute atomic E-state index is 0. The van der Waals surface area contributed by atoms with E-state index >= 15 is 0 Å². The number of nitrogens with one attached hydrogen (secondary N) is 1. The van der Waals surface area contributed by atoms with Crippen LogP contribution in [-0.2, 0) is 4.79 Å². The molecule has 0 saturated heterocycles. The van der Waals surface area contributed by atoms with Gasteiger partial charge in [-0.25, -0.2) is 0 Å². The van der Waals surface area contributed by atoms with E-state index in [1.807, 2.05) is 6.92 Å². The van der Waals surface area contributed by atoms with Gasteiger partial charge in [-0.15, -0.1) is 12.4 Å². The number of hydrogen-bond acceptors (Lipinski definition) is 3. The summed E-state index contributed by atoms with van der Waals surface area (Å²) >= 11 is 0. The minimum Gasteiger partial charge on any atom is -0.393 e. The minimum atomic E-state index is -0.779. The zero-order chi connectivity index (χ0) is 12.2. The highest BCUT2D eigenvalue weighted by molar-refractivity contribution is 5.85. The summed E-state index contributed by atoms with van der Waals surface area (Å²) in [5.74, 6) is 0.106. The third-order valence-corrected chi connectivity index (χ3v) is 3.43. The Balaban J connectivity index is 0.00000256. The van der Waals surface area contributed by atoms with Gasteiger partial charge in [0.05, 0.1) is 11.6 Å². The second-order valence-corrected chi connectivity index (χ2v) is 5.14. The maximum absolute atomic E-state index is 11.8. The molecule has 17 heavy (non-hydrogen) atoms. The molecule has 3 unspecified atom stereocenters. The quantitative estimate of drug-likeness (QED) is 0.699. The summed E-state index contributed by atoms with van der Waals surface area (Å²) < 4.78 is 0. The first kappa shape index (κ1) is 16.7. The zero-order valence-electron chi connectivity index (χ0n) is 10.7. The molecule has 1 amide bonds. The Morgan fingerprint density at radius 2 is 2.18 bits per heavy atom. The lowest BCUT2D eigenvalue weighted by atomic mass is 9.96. The number of halogens is 1. The van der Waals surface area contributed by atoms with E-state index in [4.69, 9.17) is 5.73 Å². The average molecular weight is 265 g/mol. The van der Waals surface area contributed by atoms with Crippen molar-refractivity contribution in [1.82, 2.24) is 5.32 Å². The lowest BCUT2D eigenvalue weighted by molar-refractivity contribution is -0.126. The molecule has 5 heteroatoms. The number of nitrogens with two attached hydrogens (primary N) is 1. The van der Waals surface area contributed by atoms with Gasteiger partial charge in [-0.1, -0.05) is 19.8 Å². The van der Waals surface area contributed by atoms with E-state index in [-0.39, 0.29) is 30.3 Å². The molecule has 4 nitrogen and oxygen atoms in total. The Hall–Kier alpha value is -0.320. The largest absolute Gasteiger partial charge is 0.393 e. The van der Waals surface area contributed by atoms with Crippen molar-refractivity contribution in [3.05, 3.63) is 0 Å². The molecule has 0 bridgehead atoms. The molecular weight excluding hydrogens is 240 g/mol. The summed E-state index contributed by atoms with van der Waals surface area (Å²) in [7, 11) is 0. The van der Waals surface area contributed by atoms with Crippen molar-refractivity contribution in [3.63, 3.8) is 0 Å². The molecule has 4 N–H and O–H groups in total. The molecule has 3 atom stereocenters. The van der Waals surface area contributed by atoms with Gasteiger partial charge in [-0.05, 0) is 26.2 Å². The molecular formula is C12H25ClN2O2. The van der Waals surface area contributed by atoms with Crippen LogP contribution in [0, 0.1) is 5.92 Å². The predicted octanol–water partition coefficient (Wildman–Crippen LogP) is 1.20. The van der Waals surface area contributed by atoms with Crippen molar-refractivity contribution in [1.29, 1.82) is 0 Å². The molecule has 0 aromatic carbocycles. The van der Waals surface area contributed by atoms with Crippen LogP contribution in [0.15, 0.2) is 0 Å². The lowest BCUT2D eigenvalue weighted by Crippen LogP contribution is -2.52. The third-order valence-electron chi connectivity index (χ3n) is 3.43. The summed E-state index contributed by atoms with van der Waals surface area (Å²) in [5.41, 5.74) is 5.14. The molecule has 102 valence electrons. The second kappa shape index (κ2) is 7.19. The van der Waals surface area contributed by atoms with Gasteiger partial charge in [-0.2, -0.15) is 0 Å². The highest BCUT2D eigenvalue weighted by Gasteiger charge is 2.30. The van der Waals surface area contributed by atoms with Crippen molar-refractivity contribution in [3.8, 4) is 0 Å². The van der Waals surface area contributed by atoms with Crippen LogP contribution in [0.3, 0.4) is 0 Å². The van der Waals surface area contributed by atoms with Crippen LogP contribution in [0.2, 0.25) is 0 Å². The van der Waals surface area contributed by atoms with Crippen molar-refractivity contribution < 1.29 is 9.90 Å². The van der Waals surface area contributed by atoms with Gasteiger partial charge in [0.2, 0.25) is 5.91 Å². The number of amides is 1. The summed E-state index contributed by atoms with van der Waals surface area (Å²) in [6, 6.07) is 0. The molecule has 1 fully saturated rings. The molecule has 0 radical (unpaired) electrons. The topological polar surface area (TPSA) is 75.4 Å². The van der Waals surface area contributed by atoms with Gasteiger partial charge in [0.25, 0.3) is 0 Å². The van der Waals surface area contributed by atoms with Gasteiger partial charge in [0, 0.05) is 12.5 Å². The van der Waals surface area contributed by atoms with Crippen LogP contribution in [0.4, 0.5) is 0 Å². The molecule has 0 spiro atoms. The number of aliphatic hydroxyl groups is 1. The summed E-state index contributed by atoms with van der Waals surface area (Å²) in [4.78, 5) is 11.8. The molecule has 0 aromatic rings. The number of carbonyl (C=O) groups excluding carboxylic acids is 1. The number of rotatable bonds is 5. The van der Waals surface area contributed by atoms with E-state index in [9.17, 15) is 9.90 Å². The van der Waals surface area contributed by atoms with E-state index in [1.54, 1.807) is 6.92 Å². The summed E-state index contributed by atoms with van der Waals surface area (Å²) in [6.45, 7) is 4.33. The molecule has 1 saturated carbocycles. The fourth-order valence-electron chi connectivity index (χ4n) is 2.31. The van der Waals surface area contributed by atoms with Crippen LogP contribution in [0.1, 0.15) is 46.0 Å². The molecule has 1 rings (SSSR count). The van der Waals surface area contributed by atoms with E-state index in [0.29, 0.717) is 13.0 Å². The second-order valence-electron chi connectivity index (χ2n) is 5.14. The van der Waals surface area contributed by atoms with Crippen molar-refractivity contribution >= 4 is 18.3 Å². The third kappa shape index (κ3) is 4.82. The zero-order valence-corrected chi connectivity index (χ0v) is 11.6. The van der Waals surface area contributed by atoms with Crippen LogP contribution in [0.25, 0.3) is 0 Å². The Bertz CT molecular complexity index is 247. The molecule has 0 aromatic heterocycles. The van der Waals surface area contributed by atoms with E-state index < -0.39 is 5.54 Å². The average Bonchev–Trinajstić information content (AvgIpc) is 2.60. The molecule has 1 aliphatic rings. The first-order chi connectivity index (χ1) is 7.47. The van der Waals surface area contributed by atoms with E-state index in [1.165, 1.54) is 0 Å². The van der Waals surface area contributed by atoms with Crippen LogP contribution < -0.4 is 11.1 Å². The predicted molar refractivity (Wildman–Crippen MR) is 71.1 cm³/mol. The smallest absolute Gasteiger partial charge is 0.239 e. The Labute approximate surface area is 110 Å². The maximum Gasteiger partial charge on any atom is 0.239 e. The van der Waals surface area contributed by atoms with Crippen LogP contribution >= 0.6 is 12.4 Å². The number of carbonyl (C=O) groups is 1. The Morgan fingerprint density at radius 1 is 1.53 bits per heavy atom. The summed E-state index contributed by atoms with van der Waals surface area (Å²) in [5, 5.41) is 12.5. The van der Waals surface area contributed by atoms with E-state index in [0.717, 1.165) is 25.7 Å². The summed E-state index contributed by atoms with van der Waals surface area (Å²) in [6.07, 6.45) is 4.23. The number of hydrogen-bond donors (Lipinski definition) is 3. The monoisotopic (exact) mass is 264 g/mol. The highest BCUT2D eigenvalue weighted by atomic mass is 35.5. The fourth-order valence-corrected chi connectivity index (χ4v) is 2.31. The van der Waals surface area contributed by atoms with Gasteiger partial charge in [0.15, 0.2) is 0 Å². The first-order valence-electron chi connectivity index (χ1n) is 6.22. The van der Waals surface area contributed by atoms with Gasteiger partial charge in [-0.3, -0.25) is 4.79 Å². The molecule has 1 aliphatic carbocycles. The van der Waals surface area contributed by atoms with Crippen molar-refractivity contribution in [2.24, 2.45) is 11.7 Å². The highest BCUT2D eigenvalue weighted by Crippen LogP contribution is 2.24. The number of aliphatic hydroxyl groups excluding tert-OH is 1. The standard InChI is InChI=1S/C12H24N2O2.ClH/c1-3-7-12(2,13)11(16)14-8-9-5-4-6-10(9)15;/h9-10,15H,3-8,13H2,1-2H3,(H,14,16);1H. The normalized spacial score (nSPS) is 27.1.